The van der Waals surface area contributed by atoms with E-state index in [2.05, 4.69) is 39.9 Å². The van der Waals surface area contributed by atoms with Crippen LogP contribution in [0.1, 0.15) is 107 Å². The van der Waals surface area contributed by atoms with Crippen molar-refractivity contribution in [1.82, 2.24) is 10.2 Å². The maximum atomic E-state index is 14.5. The summed E-state index contributed by atoms with van der Waals surface area (Å²) < 4.78 is 0. The van der Waals surface area contributed by atoms with Crippen LogP contribution < -0.4 is 5.32 Å². The summed E-state index contributed by atoms with van der Waals surface area (Å²) in [4.78, 5) is 45.2. The Morgan fingerprint density at radius 3 is 2.19 bits per heavy atom. The number of aliphatic imine (C=N–C) groups is 1. The third-order valence-corrected chi connectivity index (χ3v) is 9.28. The molecule has 0 unspecified atom stereocenters. The Morgan fingerprint density at radius 1 is 1.05 bits per heavy atom. The Balaban J connectivity index is 1.72. The van der Waals surface area contributed by atoms with E-state index in [1.54, 1.807) is 30.3 Å². The van der Waals surface area contributed by atoms with E-state index < -0.39 is 11.6 Å². The second-order valence-electron chi connectivity index (χ2n) is 13.4. The highest BCUT2D eigenvalue weighted by Crippen LogP contribution is 2.50. The summed E-state index contributed by atoms with van der Waals surface area (Å²) in [5, 5.41) is 12.4. The molecule has 1 aliphatic heterocycles. The van der Waals surface area contributed by atoms with Gasteiger partial charge in [-0.3, -0.25) is 19.4 Å². The van der Waals surface area contributed by atoms with Gasteiger partial charge >= 0.3 is 5.97 Å². The molecule has 2 aliphatic rings. The summed E-state index contributed by atoms with van der Waals surface area (Å²) in [5.74, 6) is -0.464. The first-order chi connectivity index (χ1) is 20.2. The molecule has 2 aromatic rings. The van der Waals surface area contributed by atoms with Gasteiger partial charge in [-0.15, -0.1) is 0 Å². The number of amides is 2. The van der Waals surface area contributed by atoms with Crippen LogP contribution in [-0.2, 0) is 9.59 Å². The van der Waals surface area contributed by atoms with Crippen LogP contribution >= 0.6 is 23.2 Å². The number of carbonyl (C=O) groups excluding carboxylic acids is 2. The van der Waals surface area contributed by atoms with Crippen LogP contribution in [0.4, 0.5) is 0 Å². The van der Waals surface area contributed by atoms with Crippen molar-refractivity contribution in [1.29, 1.82) is 0 Å². The van der Waals surface area contributed by atoms with E-state index in [-0.39, 0.29) is 36.2 Å². The molecule has 2 N–H and O–H groups in total. The number of carboxylic acid groups (broad SMARTS) is 1. The van der Waals surface area contributed by atoms with E-state index in [4.69, 9.17) is 33.3 Å². The van der Waals surface area contributed by atoms with Crippen LogP contribution in [0.15, 0.2) is 47.5 Å². The monoisotopic (exact) mass is 627 g/mol. The standard InChI is InChI=1S/C34H43Cl2N3O4/c1-21(2)6-11-28(22-7-9-23(10-8-22)31(42)37-17-14-29(40)41)39-32(43)30(24-18-26(35)20-27(36)19-24)38-34(39)15-12-25(13-16-34)33(3,4)5/h7-10,18-21,25,28H,6,11-17H2,1-5H3,(H,37,42)(H,40,41)/t25?,28-,34?/m1/s1. The Morgan fingerprint density at radius 2 is 1.65 bits per heavy atom. The number of aliphatic carboxylic acids is 1. The van der Waals surface area contributed by atoms with Gasteiger partial charge in [0.1, 0.15) is 11.4 Å². The molecular weight excluding hydrogens is 585 g/mol. The van der Waals surface area contributed by atoms with Gasteiger partial charge in [0.15, 0.2) is 0 Å². The lowest BCUT2D eigenvalue weighted by molar-refractivity contribution is -0.137. The zero-order valence-corrected chi connectivity index (χ0v) is 27.3. The topological polar surface area (TPSA) is 99.1 Å². The minimum atomic E-state index is -0.967. The molecule has 0 radical (unpaired) electrons. The molecule has 43 heavy (non-hydrogen) atoms. The Hall–Kier alpha value is -2.90. The molecule has 9 heteroatoms. The molecule has 1 fully saturated rings. The van der Waals surface area contributed by atoms with Crippen molar-refractivity contribution in [3.05, 3.63) is 69.2 Å². The van der Waals surface area contributed by atoms with Crippen LogP contribution in [-0.4, -0.2) is 45.7 Å². The molecule has 4 rings (SSSR count). The lowest BCUT2D eigenvalue weighted by Gasteiger charge is -2.47. The summed E-state index contributed by atoms with van der Waals surface area (Å²) in [6.07, 6.45) is 4.97. The highest BCUT2D eigenvalue weighted by atomic mass is 35.5. The number of rotatable bonds is 10. The number of carbonyl (C=O) groups is 3. The van der Waals surface area contributed by atoms with Gasteiger partial charge < -0.3 is 15.3 Å². The highest BCUT2D eigenvalue weighted by molar-refractivity contribution is 6.47. The van der Waals surface area contributed by atoms with Crippen molar-refractivity contribution in [2.24, 2.45) is 22.2 Å². The number of nitrogens with one attached hydrogen (secondary N) is 1. The lowest BCUT2D eigenvalue weighted by Crippen LogP contribution is -2.51. The number of nitrogens with zero attached hydrogens (tertiary/aromatic N) is 2. The third kappa shape index (κ3) is 7.79. The van der Waals surface area contributed by atoms with Crippen molar-refractivity contribution >= 4 is 46.7 Å². The molecule has 1 heterocycles. The molecule has 2 amide bonds. The van der Waals surface area contributed by atoms with Crippen LogP contribution in [0.2, 0.25) is 10.0 Å². The summed E-state index contributed by atoms with van der Waals surface area (Å²) >= 11 is 12.7. The van der Waals surface area contributed by atoms with Crippen molar-refractivity contribution in [2.75, 3.05) is 6.54 Å². The molecule has 2 aromatic carbocycles. The van der Waals surface area contributed by atoms with E-state index in [0.717, 1.165) is 44.1 Å². The molecule has 0 aromatic heterocycles. The lowest BCUT2D eigenvalue weighted by atomic mass is 9.69. The van der Waals surface area contributed by atoms with Gasteiger partial charge in [-0.2, -0.15) is 0 Å². The van der Waals surface area contributed by atoms with E-state index in [1.165, 1.54) is 0 Å². The summed E-state index contributed by atoms with van der Waals surface area (Å²) in [6, 6.07) is 12.2. The number of carboxylic acids is 1. The maximum absolute atomic E-state index is 14.5. The minimum Gasteiger partial charge on any atom is -0.481 e. The van der Waals surface area contributed by atoms with Crippen molar-refractivity contribution in [3.8, 4) is 0 Å². The number of hydrogen-bond acceptors (Lipinski definition) is 4. The zero-order chi connectivity index (χ0) is 31.5. The fraction of sp³-hybridized carbons (Fsp3) is 0.529. The van der Waals surface area contributed by atoms with Crippen molar-refractivity contribution in [3.63, 3.8) is 0 Å². The quantitative estimate of drug-likeness (QED) is 0.279. The SMILES string of the molecule is CC(C)CC[C@H](c1ccc(C(=O)NCCC(=O)O)cc1)N1C(=O)C(c2cc(Cl)cc(Cl)c2)=NC12CCC(C(C)(C)C)CC2. The van der Waals surface area contributed by atoms with Crippen LogP contribution in [0.25, 0.3) is 0 Å². The first kappa shape index (κ1) is 33.0. The average molecular weight is 629 g/mol. The van der Waals surface area contributed by atoms with E-state index in [0.29, 0.717) is 38.7 Å². The minimum absolute atomic E-state index is 0.0565. The van der Waals surface area contributed by atoms with Crippen LogP contribution in [0.3, 0.4) is 0 Å². The second-order valence-corrected chi connectivity index (χ2v) is 14.3. The molecule has 7 nitrogen and oxygen atoms in total. The highest BCUT2D eigenvalue weighted by Gasteiger charge is 2.52. The molecule has 1 spiro atoms. The van der Waals surface area contributed by atoms with Gasteiger partial charge in [0.25, 0.3) is 11.8 Å². The normalized spacial score (nSPS) is 21.3. The summed E-state index contributed by atoms with van der Waals surface area (Å²) in [7, 11) is 0. The third-order valence-electron chi connectivity index (χ3n) is 8.85. The van der Waals surface area contributed by atoms with Crippen molar-refractivity contribution < 1.29 is 19.5 Å². The first-order valence-corrected chi connectivity index (χ1v) is 16.0. The Labute approximate surface area is 265 Å². The Bertz CT molecular complexity index is 1350. The van der Waals surface area contributed by atoms with Gasteiger partial charge in [0.05, 0.1) is 12.5 Å². The van der Waals surface area contributed by atoms with Crippen LogP contribution in [0.5, 0.6) is 0 Å². The molecule has 1 aliphatic carbocycles. The van der Waals surface area contributed by atoms with Crippen LogP contribution in [0, 0.1) is 17.3 Å². The molecular formula is C34H43Cl2N3O4. The second kappa shape index (κ2) is 13.4. The average Bonchev–Trinajstić information content (AvgIpc) is 3.19. The van der Waals surface area contributed by atoms with E-state index in [1.807, 2.05) is 17.0 Å². The number of benzene rings is 2. The predicted octanol–water partition coefficient (Wildman–Crippen LogP) is 7.94. The zero-order valence-electron chi connectivity index (χ0n) is 25.8. The van der Waals surface area contributed by atoms with E-state index in [9.17, 15) is 14.4 Å². The molecule has 232 valence electrons. The Kier molecular flexibility index (Phi) is 10.3. The van der Waals surface area contributed by atoms with Gasteiger partial charge in [-0.25, -0.2) is 0 Å². The molecule has 1 atom stereocenters. The predicted molar refractivity (Wildman–Crippen MR) is 172 cm³/mol. The smallest absolute Gasteiger partial charge is 0.305 e. The van der Waals surface area contributed by atoms with Gasteiger partial charge in [0.2, 0.25) is 0 Å². The summed E-state index contributed by atoms with van der Waals surface area (Å²) in [5.41, 5.74) is 1.88. The first-order valence-electron chi connectivity index (χ1n) is 15.2. The summed E-state index contributed by atoms with van der Waals surface area (Å²) in [6.45, 7) is 11.2. The van der Waals surface area contributed by atoms with Gasteiger partial charge in [-0.1, -0.05) is 70.0 Å². The van der Waals surface area contributed by atoms with Gasteiger partial charge in [-0.05, 0) is 91.7 Å². The van der Waals surface area contributed by atoms with E-state index >= 15 is 0 Å². The fourth-order valence-electron chi connectivity index (χ4n) is 6.40. The molecule has 0 saturated heterocycles. The molecule has 1 saturated carbocycles. The fourth-order valence-corrected chi connectivity index (χ4v) is 6.93. The largest absolute Gasteiger partial charge is 0.481 e. The number of hydrogen-bond donors (Lipinski definition) is 2. The van der Waals surface area contributed by atoms with Gasteiger partial charge in [0, 0.05) is 27.7 Å². The maximum Gasteiger partial charge on any atom is 0.305 e. The number of halogens is 2. The molecule has 0 bridgehead atoms. The van der Waals surface area contributed by atoms with Crippen molar-refractivity contribution in [2.45, 2.75) is 91.3 Å².